The SMILES string of the molecule is CCCCCCNC(=O)[C@H]1[C@@H](C(=O)O)[C@H]2C=C[C@H]1O2. The molecule has 2 rings (SSSR count). The summed E-state index contributed by atoms with van der Waals surface area (Å²) in [4.78, 5) is 23.3. The lowest BCUT2D eigenvalue weighted by Gasteiger charge is -2.20. The molecule has 0 spiro atoms. The van der Waals surface area contributed by atoms with Gasteiger partial charge in [-0.25, -0.2) is 0 Å². The Morgan fingerprint density at radius 3 is 2.47 bits per heavy atom. The van der Waals surface area contributed by atoms with E-state index < -0.39 is 23.9 Å². The second-order valence-electron chi connectivity index (χ2n) is 5.19. The first-order valence-electron chi connectivity index (χ1n) is 6.99. The van der Waals surface area contributed by atoms with Crippen LogP contribution < -0.4 is 5.32 Å². The highest BCUT2D eigenvalue weighted by molar-refractivity contribution is 5.87. The van der Waals surface area contributed by atoms with Crippen molar-refractivity contribution in [2.75, 3.05) is 6.54 Å². The Hall–Kier alpha value is -1.36. The van der Waals surface area contributed by atoms with Gasteiger partial charge in [-0.3, -0.25) is 9.59 Å². The zero-order valence-electron chi connectivity index (χ0n) is 11.2. The van der Waals surface area contributed by atoms with Crippen molar-refractivity contribution in [3.63, 3.8) is 0 Å². The van der Waals surface area contributed by atoms with Crippen LogP contribution in [0, 0.1) is 11.8 Å². The fraction of sp³-hybridized carbons (Fsp3) is 0.714. The van der Waals surface area contributed by atoms with E-state index in [9.17, 15) is 14.7 Å². The maximum absolute atomic E-state index is 12.1. The molecule has 2 N–H and O–H groups in total. The Morgan fingerprint density at radius 1 is 1.16 bits per heavy atom. The molecule has 106 valence electrons. The first-order valence-corrected chi connectivity index (χ1v) is 6.99. The van der Waals surface area contributed by atoms with Crippen LogP contribution in [0.25, 0.3) is 0 Å². The largest absolute Gasteiger partial charge is 0.481 e. The minimum absolute atomic E-state index is 0.194. The van der Waals surface area contributed by atoms with Gasteiger partial charge in [0.25, 0.3) is 0 Å². The van der Waals surface area contributed by atoms with Gasteiger partial charge >= 0.3 is 5.97 Å². The van der Waals surface area contributed by atoms with Gasteiger partial charge in [-0.05, 0) is 6.42 Å². The number of unbranched alkanes of at least 4 members (excludes halogenated alkanes) is 3. The molecule has 2 bridgehead atoms. The summed E-state index contributed by atoms with van der Waals surface area (Å²) in [5, 5.41) is 12.0. The van der Waals surface area contributed by atoms with E-state index in [1.165, 1.54) is 0 Å². The Balaban J connectivity index is 1.84. The number of carbonyl (C=O) groups is 2. The molecule has 0 aromatic heterocycles. The molecule has 5 nitrogen and oxygen atoms in total. The minimum Gasteiger partial charge on any atom is -0.481 e. The predicted octanol–water partition coefficient (Wildman–Crippen LogP) is 1.34. The normalized spacial score (nSPS) is 31.6. The molecule has 0 radical (unpaired) electrons. The predicted molar refractivity (Wildman–Crippen MR) is 69.6 cm³/mol. The van der Waals surface area contributed by atoms with Crippen molar-refractivity contribution in [2.24, 2.45) is 11.8 Å². The molecule has 5 heteroatoms. The summed E-state index contributed by atoms with van der Waals surface area (Å²) in [6, 6.07) is 0. The summed E-state index contributed by atoms with van der Waals surface area (Å²) in [6.45, 7) is 2.75. The van der Waals surface area contributed by atoms with Crippen molar-refractivity contribution in [1.29, 1.82) is 0 Å². The smallest absolute Gasteiger partial charge is 0.310 e. The molecule has 1 saturated heterocycles. The van der Waals surface area contributed by atoms with Gasteiger partial charge in [0, 0.05) is 6.54 Å². The van der Waals surface area contributed by atoms with E-state index in [0.29, 0.717) is 6.54 Å². The highest BCUT2D eigenvalue weighted by atomic mass is 16.5. The van der Waals surface area contributed by atoms with Crippen LogP contribution in [0.2, 0.25) is 0 Å². The third kappa shape index (κ3) is 2.97. The number of rotatable bonds is 7. The minimum atomic E-state index is -0.956. The van der Waals surface area contributed by atoms with Gasteiger partial charge in [-0.2, -0.15) is 0 Å². The number of carboxylic acid groups (broad SMARTS) is 1. The second-order valence-corrected chi connectivity index (χ2v) is 5.19. The van der Waals surface area contributed by atoms with Gasteiger partial charge in [0.2, 0.25) is 5.91 Å². The Labute approximate surface area is 113 Å². The molecule has 19 heavy (non-hydrogen) atoms. The van der Waals surface area contributed by atoms with Crippen LogP contribution in [0.3, 0.4) is 0 Å². The highest BCUT2D eigenvalue weighted by Crippen LogP contribution is 2.39. The van der Waals surface area contributed by atoms with Crippen molar-refractivity contribution in [3.05, 3.63) is 12.2 Å². The van der Waals surface area contributed by atoms with Crippen molar-refractivity contribution >= 4 is 11.9 Å². The maximum atomic E-state index is 12.1. The molecule has 0 saturated carbocycles. The Bertz CT molecular complexity index is 380. The molecule has 0 unspecified atom stereocenters. The fourth-order valence-electron chi connectivity index (χ4n) is 2.80. The number of amides is 1. The first kappa shape index (κ1) is 14.1. The summed E-state index contributed by atoms with van der Waals surface area (Å²) >= 11 is 0. The molecular formula is C14H21NO4. The average molecular weight is 267 g/mol. The van der Waals surface area contributed by atoms with Gasteiger partial charge in [0.1, 0.15) is 5.92 Å². The Kier molecular flexibility index (Phi) is 4.58. The number of hydrogen-bond donors (Lipinski definition) is 2. The molecule has 2 heterocycles. The lowest BCUT2D eigenvalue weighted by Crippen LogP contribution is -2.42. The summed E-state index contributed by atoms with van der Waals surface area (Å²) in [5.41, 5.74) is 0. The van der Waals surface area contributed by atoms with Gasteiger partial charge in [-0.15, -0.1) is 0 Å². The maximum Gasteiger partial charge on any atom is 0.310 e. The van der Waals surface area contributed by atoms with Crippen LogP contribution in [0.1, 0.15) is 32.6 Å². The summed E-state index contributed by atoms with van der Waals surface area (Å²) in [7, 11) is 0. The van der Waals surface area contributed by atoms with Gasteiger partial charge in [0.15, 0.2) is 0 Å². The summed E-state index contributed by atoms with van der Waals surface area (Å²) < 4.78 is 5.47. The number of carboxylic acids is 1. The monoisotopic (exact) mass is 267 g/mol. The number of fused-ring (bicyclic) bond motifs is 2. The third-order valence-corrected chi connectivity index (χ3v) is 3.82. The van der Waals surface area contributed by atoms with Crippen molar-refractivity contribution in [1.82, 2.24) is 5.32 Å². The molecule has 4 atom stereocenters. The molecule has 2 aliphatic heterocycles. The standard InChI is InChI=1S/C14H21NO4/c1-2-3-4-5-8-15-13(16)11-9-6-7-10(19-9)12(11)14(17)18/h6-7,9-12H,2-5,8H2,1H3,(H,15,16)(H,17,18)/t9-,10-,11-,12+/m1/s1. The van der Waals surface area contributed by atoms with Crippen LogP contribution in [0.4, 0.5) is 0 Å². The van der Waals surface area contributed by atoms with Crippen LogP contribution >= 0.6 is 0 Å². The second kappa shape index (κ2) is 6.19. The quantitative estimate of drug-likeness (QED) is 0.539. The van der Waals surface area contributed by atoms with E-state index in [-0.39, 0.29) is 12.0 Å². The molecule has 0 aromatic carbocycles. The number of aliphatic carboxylic acids is 1. The molecule has 1 amide bonds. The zero-order chi connectivity index (χ0) is 13.8. The van der Waals surface area contributed by atoms with E-state index in [2.05, 4.69) is 12.2 Å². The lowest BCUT2D eigenvalue weighted by atomic mass is 9.82. The number of ether oxygens (including phenoxy) is 1. The first-order chi connectivity index (χ1) is 9.15. The fourth-order valence-corrected chi connectivity index (χ4v) is 2.80. The number of hydrogen-bond acceptors (Lipinski definition) is 3. The average Bonchev–Trinajstić information content (AvgIpc) is 2.98. The van der Waals surface area contributed by atoms with Gasteiger partial charge in [-0.1, -0.05) is 38.3 Å². The molecule has 1 fully saturated rings. The number of carbonyl (C=O) groups excluding carboxylic acids is 1. The van der Waals surface area contributed by atoms with E-state index >= 15 is 0 Å². The van der Waals surface area contributed by atoms with E-state index in [4.69, 9.17) is 4.74 Å². The van der Waals surface area contributed by atoms with Crippen LogP contribution in [-0.4, -0.2) is 35.7 Å². The number of nitrogens with one attached hydrogen (secondary N) is 1. The summed E-state index contributed by atoms with van der Waals surface area (Å²) in [6.07, 6.45) is 7.06. The molecule has 2 aliphatic rings. The highest BCUT2D eigenvalue weighted by Gasteiger charge is 2.52. The van der Waals surface area contributed by atoms with Gasteiger partial charge < -0.3 is 15.2 Å². The van der Waals surface area contributed by atoms with Crippen molar-refractivity contribution in [2.45, 2.75) is 44.8 Å². The van der Waals surface area contributed by atoms with E-state index in [0.717, 1.165) is 25.7 Å². The lowest BCUT2D eigenvalue weighted by molar-refractivity contribution is -0.146. The van der Waals surface area contributed by atoms with Gasteiger partial charge in [0.05, 0.1) is 18.1 Å². The van der Waals surface area contributed by atoms with Crippen molar-refractivity contribution < 1.29 is 19.4 Å². The van der Waals surface area contributed by atoms with E-state index in [1.807, 2.05) is 0 Å². The van der Waals surface area contributed by atoms with Crippen LogP contribution in [0.5, 0.6) is 0 Å². The molecule has 0 aliphatic carbocycles. The van der Waals surface area contributed by atoms with Crippen LogP contribution in [-0.2, 0) is 14.3 Å². The Morgan fingerprint density at radius 2 is 1.84 bits per heavy atom. The summed E-state index contributed by atoms with van der Waals surface area (Å²) in [5.74, 6) is -2.48. The van der Waals surface area contributed by atoms with E-state index in [1.54, 1.807) is 12.2 Å². The van der Waals surface area contributed by atoms with Crippen molar-refractivity contribution in [3.8, 4) is 0 Å². The zero-order valence-corrected chi connectivity index (χ0v) is 11.2. The van der Waals surface area contributed by atoms with Crippen LogP contribution in [0.15, 0.2) is 12.2 Å². The third-order valence-electron chi connectivity index (χ3n) is 3.82. The molecule has 0 aromatic rings. The topological polar surface area (TPSA) is 75.6 Å². The molecular weight excluding hydrogens is 246 g/mol.